The highest BCUT2D eigenvalue weighted by Gasteiger charge is 2.32. The number of nitrogens with zero attached hydrogens (tertiary/aromatic N) is 3. The van der Waals surface area contributed by atoms with Gasteiger partial charge in [-0.15, -0.1) is 0 Å². The molecule has 1 rings (SSSR count). The first-order valence-electron chi connectivity index (χ1n) is 7.33. The number of halogens is 2. The minimum Gasteiger partial charge on any atom is -0.444 e. The molecule has 0 aliphatic carbocycles. The summed E-state index contributed by atoms with van der Waals surface area (Å²) in [5.41, 5.74) is -0.543. The molecular formula is C14H26F2N4O2. The summed E-state index contributed by atoms with van der Waals surface area (Å²) in [7, 11) is 3.25. The molecule has 1 aliphatic rings. The molecule has 1 atom stereocenters. The molecular weight excluding hydrogens is 294 g/mol. The first-order valence-corrected chi connectivity index (χ1v) is 7.33. The maximum Gasteiger partial charge on any atom is 0.410 e. The normalized spacial score (nSPS) is 19.5. The number of amides is 1. The molecule has 1 saturated heterocycles. The number of aliphatic imine (C=N–C) groups is 1. The van der Waals surface area contributed by atoms with Crippen LogP contribution < -0.4 is 5.32 Å². The SMILES string of the molecule is CN=C(NCC(F)F)N1CC[C@H](N(C)C(=O)OC(C)(C)C)C1. The van der Waals surface area contributed by atoms with Gasteiger partial charge in [-0.25, -0.2) is 13.6 Å². The molecule has 22 heavy (non-hydrogen) atoms. The van der Waals surface area contributed by atoms with E-state index in [0.717, 1.165) is 6.42 Å². The number of carbonyl (C=O) groups is 1. The monoisotopic (exact) mass is 320 g/mol. The lowest BCUT2D eigenvalue weighted by molar-refractivity contribution is 0.0232. The third-order valence-corrected chi connectivity index (χ3v) is 3.32. The summed E-state index contributed by atoms with van der Waals surface area (Å²) >= 11 is 0. The average Bonchev–Trinajstić information content (AvgIpc) is 2.85. The summed E-state index contributed by atoms with van der Waals surface area (Å²) < 4.78 is 29.9. The number of hydrogen-bond donors (Lipinski definition) is 1. The van der Waals surface area contributed by atoms with Crippen LogP contribution in [-0.4, -0.2) is 73.7 Å². The Kier molecular flexibility index (Phi) is 6.37. The second-order valence-corrected chi connectivity index (χ2v) is 6.30. The second-order valence-electron chi connectivity index (χ2n) is 6.30. The van der Waals surface area contributed by atoms with E-state index in [2.05, 4.69) is 10.3 Å². The fraction of sp³-hybridized carbons (Fsp3) is 0.857. The number of guanidine groups is 1. The van der Waals surface area contributed by atoms with Crippen molar-refractivity contribution in [1.82, 2.24) is 15.1 Å². The zero-order valence-electron chi connectivity index (χ0n) is 13.9. The van der Waals surface area contributed by atoms with Gasteiger partial charge in [-0.3, -0.25) is 4.99 Å². The zero-order chi connectivity index (χ0) is 16.9. The van der Waals surface area contributed by atoms with Crippen molar-refractivity contribution in [3.63, 3.8) is 0 Å². The fourth-order valence-electron chi connectivity index (χ4n) is 2.23. The van der Waals surface area contributed by atoms with Crippen LogP contribution in [0.3, 0.4) is 0 Å². The van der Waals surface area contributed by atoms with Crippen molar-refractivity contribution in [2.24, 2.45) is 4.99 Å². The van der Waals surface area contributed by atoms with Gasteiger partial charge in [-0.1, -0.05) is 0 Å². The minimum absolute atomic E-state index is 0.0278. The summed E-state index contributed by atoms with van der Waals surface area (Å²) in [6, 6.07) is -0.0278. The van der Waals surface area contributed by atoms with Gasteiger partial charge >= 0.3 is 6.09 Å². The van der Waals surface area contributed by atoms with E-state index in [9.17, 15) is 13.6 Å². The zero-order valence-corrected chi connectivity index (χ0v) is 13.9. The van der Waals surface area contributed by atoms with E-state index in [1.807, 2.05) is 25.7 Å². The van der Waals surface area contributed by atoms with Crippen LogP contribution in [0.25, 0.3) is 0 Å². The van der Waals surface area contributed by atoms with E-state index in [1.165, 1.54) is 0 Å². The van der Waals surface area contributed by atoms with Crippen molar-refractivity contribution in [3.05, 3.63) is 0 Å². The Morgan fingerprint density at radius 3 is 2.64 bits per heavy atom. The van der Waals surface area contributed by atoms with Crippen molar-refractivity contribution in [3.8, 4) is 0 Å². The smallest absolute Gasteiger partial charge is 0.410 e. The van der Waals surface area contributed by atoms with Gasteiger partial charge < -0.3 is 19.9 Å². The number of nitrogens with one attached hydrogen (secondary N) is 1. The van der Waals surface area contributed by atoms with Gasteiger partial charge in [0.05, 0.1) is 12.6 Å². The topological polar surface area (TPSA) is 57.2 Å². The Hall–Kier alpha value is -1.60. The van der Waals surface area contributed by atoms with Crippen molar-refractivity contribution >= 4 is 12.1 Å². The van der Waals surface area contributed by atoms with Gasteiger partial charge in [0, 0.05) is 27.2 Å². The Labute approximate surface area is 130 Å². The predicted octanol–water partition coefficient (Wildman–Crippen LogP) is 1.77. The van der Waals surface area contributed by atoms with Crippen LogP contribution in [0.5, 0.6) is 0 Å². The lowest BCUT2D eigenvalue weighted by Gasteiger charge is -2.29. The molecule has 1 N–H and O–H groups in total. The van der Waals surface area contributed by atoms with Gasteiger partial charge in [0.1, 0.15) is 5.60 Å². The first kappa shape index (κ1) is 18.4. The molecule has 1 fully saturated rings. The Morgan fingerprint density at radius 2 is 2.14 bits per heavy atom. The van der Waals surface area contributed by atoms with Crippen molar-refractivity contribution in [2.45, 2.75) is 45.3 Å². The highest BCUT2D eigenvalue weighted by atomic mass is 19.3. The maximum absolute atomic E-state index is 12.3. The average molecular weight is 320 g/mol. The van der Waals surface area contributed by atoms with E-state index in [0.29, 0.717) is 19.0 Å². The van der Waals surface area contributed by atoms with E-state index in [1.54, 1.807) is 19.0 Å². The van der Waals surface area contributed by atoms with E-state index >= 15 is 0 Å². The Balaban J connectivity index is 2.55. The summed E-state index contributed by atoms with van der Waals surface area (Å²) in [6.07, 6.45) is -2.07. The van der Waals surface area contributed by atoms with Crippen LogP contribution in [0.1, 0.15) is 27.2 Å². The first-order chi connectivity index (χ1) is 10.1. The van der Waals surface area contributed by atoms with E-state index in [-0.39, 0.29) is 12.1 Å². The largest absolute Gasteiger partial charge is 0.444 e. The second kappa shape index (κ2) is 7.60. The summed E-state index contributed by atoms with van der Waals surface area (Å²) in [6.45, 7) is 6.20. The number of hydrogen-bond acceptors (Lipinski definition) is 3. The summed E-state index contributed by atoms with van der Waals surface area (Å²) in [5.74, 6) is 0.431. The molecule has 0 aromatic carbocycles. The highest BCUT2D eigenvalue weighted by Crippen LogP contribution is 2.17. The predicted molar refractivity (Wildman–Crippen MR) is 81.3 cm³/mol. The van der Waals surface area contributed by atoms with Gasteiger partial charge in [-0.2, -0.15) is 0 Å². The molecule has 0 saturated carbocycles. The number of carbonyl (C=O) groups excluding carboxylic acids is 1. The van der Waals surface area contributed by atoms with E-state index < -0.39 is 18.6 Å². The van der Waals surface area contributed by atoms with Crippen LogP contribution in [0.15, 0.2) is 4.99 Å². The summed E-state index contributed by atoms with van der Waals surface area (Å²) in [4.78, 5) is 19.5. The number of likely N-dealkylation sites (N-methyl/N-ethyl adjacent to an activating group) is 1. The molecule has 0 aromatic heterocycles. The lowest BCUT2D eigenvalue weighted by atomic mass is 10.2. The highest BCUT2D eigenvalue weighted by molar-refractivity contribution is 5.80. The third kappa shape index (κ3) is 5.65. The summed E-state index contributed by atoms with van der Waals surface area (Å²) in [5, 5.41) is 2.63. The Morgan fingerprint density at radius 1 is 1.50 bits per heavy atom. The number of alkyl halides is 2. The maximum atomic E-state index is 12.3. The van der Waals surface area contributed by atoms with Crippen LogP contribution in [-0.2, 0) is 4.74 Å². The van der Waals surface area contributed by atoms with Gasteiger partial charge in [-0.05, 0) is 27.2 Å². The van der Waals surface area contributed by atoms with Crippen LogP contribution >= 0.6 is 0 Å². The molecule has 0 aromatic rings. The molecule has 6 nitrogen and oxygen atoms in total. The molecule has 0 bridgehead atoms. The molecule has 1 aliphatic heterocycles. The van der Waals surface area contributed by atoms with Gasteiger partial charge in [0.15, 0.2) is 5.96 Å². The molecule has 0 unspecified atom stereocenters. The molecule has 0 spiro atoms. The Bertz CT molecular complexity index is 410. The van der Waals surface area contributed by atoms with E-state index in [4.69, 9.17) is 4.74 Å². The third-order valence-electron chi connectivity index (χ3n) is 3.32. The standard InChI is InChI=1S/C14H26F2N4O2/c1-14(2,3)22-13(21)19(5)10-6-7-20(9-10)12(17-4)18-8-11(15)16/h10-11H,6-9H2,1-5H3,(H,17,18)/t10-/m0/s1. The number of ether oxygens (including phenoxy) is 1. The quantitative estimate of drug-likeness (QED) is 0.636. The minimum atomic E-state index is -2.43. The fourth-order valence-corrected chi connectivity index (χ4v) is 2.23. The van der Waals surface area contributed by atoms with Crippen molar-refractivity contribution in [2.75, 3.05) is 33.7 Å². The van der Waals surface area contributed by atoms with Gasteiger partial charge in [0.25, 0.3) is 6.43 Å². The molecule has 1 amide bonds. The lowest BCUT2D eigenvalue weighted by Crippen LogP contribution is -2.45. The number of rotatable bonds is 3. The van der Waals surface area contributed by atoms with Crippen LogP contribution in [0.4, 0.5) is 13.6 Å². The molecule has 0 radical (unpaired) electrons. The van der Waals surface area contributed by atoms with Crippen molar-refractivity contribution in [1.29, 1.82) is 0 Å². The van der Waals surface area contributed by atoms with Crippen LogP contribution in [0, 0.1) is 0 Å². The molecule has 128 valence electrons. The van der Waals surface area contributed by atoms with Crippen LogP contribution in [0.2, 0.25) is 0 Å². The molecule has 1 heterocycles. The van der Waals surface area contributed by atoms with Crippen molar-refractivity contribution < 1.29 is 18.3 Å². The number of likely N-dealkylation sites (tertiary alicyclic amines) is 1. The molecule has 8 heteroatoms. The van der Waals surface area contributed by atoms with Gasteiger partial charge in [0.2, 0.25) is 0 Å².